The largest absolute Gasteiger partial charge is 0.312 e. The molecule has 0 aromatic carbocycles. The molecule has 1 heterocycles. The summed E-state index contributed by atoms with van der Waals surface area (Å²) in [7, 11) is 0. The maximum atomic E-state index is 5.14. The lowest BCUT2D eigenvalue weighted by molar-refractivity contribution is 0.664. The smallest absolute Gasteiger partial charge is 0.0300 e. The van der Waals surface area contributed by atoms with Crippen LogP contribution in [0.4, 0.5) is 0 Å². The van der Waals surface area contributed by atoms with E-state index in [2.05, 4.69) is 38.6 Å². The minimum atomic E-state index is 0.862. The second-order valence-electron chi connectivity index (χ2n) is 2.72. The van der Waals surface area contributed by atoms with Crippen molar-refractivity contribution in [1.82, 2.24) is 5.32 Å². The van der Waals surface area contributed by atoms with Crippen LogP contribution in [0.1, 0.15) is 17.7 Å². The molecule has 0 spiro atoms. The molecule has 1 nitrogen and oxygen atoms in total. The number of terminal acetylenes is 1. The number of thiophene rings is 1. The summed E-state index contributed by atoms with van der Waals surface area (Å²) in [6, 6.07) is 2.14. The van der Waals surface area contributed by atoms with Crippen LogP contribution in [0.15, 0.2) is 15.9 Å². The van der Waals surface area contributed by atoms with Gasteiger partial charge in [-0.1, -0.05) is 0 Å². The van der Waals surface area contributed by atoms with Crippen LogP contribution in [0, 0.1) is 12.3 Å². The molecule has 1 N–H and O–H groups in total. The van der Waals surface area contributed by atoms with Gasteiger partial charge < -0.3 is 5.32 Å². The quantitative estimate of drug-likeness (QED) is 0.632. The summed E-state index contributed by atoms with van der Waals surface area (Å²) < 4.78 is 1.16. The molecule has 1 rings (SSSR count). The Morgan fingerprint density at radius 2 is 2.46 bits per heavy atom. The molecule has 0 radical (unpaired) electrons. The zero-order valence-corrected chi connectivity index (χ0v) is 9.75. The van der Waals surface area contributed by atoms with Gasteiger partial charge in [-0.15, -0.1) is 23.7 Å². The first-order valence-corrected chi connectivity index (χ1v) is 5.87. The fraction of sp³-hybridized carbons (Fsp3) is 0.400. The molecule has 0 saturated carbocycles. The van der Waals surface area contributed by atoms with Crippen molar-refractivity contribution in [1.29, 1.82) is 0 Å². The highest BCUT2D eigenvalue weighted by molar-refractivity contribution is 9.10. The number of halogens is 1. The third-order valence-corrected chi connectivity index (χ3v) is 3.29. The Labute approximate surface area is 91.7 Å². The van der Waals surface area contributed by atoms with E-state index in [4.69, 9.17) is 6.42 Å². The first-order valence-electron chi connectivity index (χ1n) is 4.20. The number of unbranched alkanes of at least 4 members (excludes halogenated alkanes) is 1. The standard InChI is InChI=1S/C10H12BrNS/c1-2-3-4-5-12-7-10-6-9(11)8-13-10/h1,6,8,12H,3-5,7H2. The monoisotopic (exact) mass is 257 g/mol. The van der Waals surface area contributed by atoms with Gasteiger partial charge in [-0.3, -0.25) is 0 Å². The predicted octanol–water partition coefficient (Wildman–Crippen LogP) is 3.01. The summed E-state index contributed by atoms with van der Waals surface area (Å²) in [5, 5.41) is 5.44. The number of hydrogen-bond donors (Lipinski definition) is 1. The average molecular weight is 258 g/mol. The van der Waals surface area contributed by atoms with Gasteiger partial charge in [-0.2, -0.15) is 0 Å². The molecule has 1 aromatic heterocycles. The van der Waals surface area contributed by atoms with Crippen molar-refractivity contribution in [3.8, 4) is 12.3 Å². The van der Waals surface area contributed by atoms with E-state index in [0.717, 1.165) is 30.4 Å². The van der Waals surface area contributed by atoms with E-state index < -0.39 is 0 Å². The number of rotatable bonds is 5. The molecule has 0 amide bonds. The van der Waals surface area contributed by atoms with Crippen LogP contribution < -0.4 is 5.32 Å². The van der Waals surface area contributed by atoms with Crippen molar-refractivity contribution < 1.29 is 0 Å². The van der Waals surface area contributed by atoms with E-state index in [1.165, 1.54) is 4.88 Å². The minimum absolute atomic E-state index is 0.862. The van der Waals surface area contributed by atoms with Gasteiger partial charge in [0.1, 0.15) is 0 Å². The summed E-state index contributed by atoms with van der Waals surface area (Å²) in [6.07, 6.45) is 7.06. The molecule has 0 fully saturated rings. The third kappa shape index (κ3) is 4.47. The lowest BCUT2D eigenvalue weighted by Crippen LogP contribution is -2.13. The summed E-state index contributed by atoms with van der Waals surface area (Å²) in [5.41, 5.74) is 0. The van der Waals surface area contributed by atoms with Gasteiger partial charge >= 0.3 is 0 Å². The summed E-state index contributed by atoms with van der Waals surface area (Å²) in [6.45, 7) is 1.94. The van der Waals surface area contributed by atoms with E-state index >= 15 is 0 Å². The van der Waals surface area contributed by atoms with Crippen LogP contribution in [0.3, 0.4) is 0 Å². The van der Waals surface area contributed by atoms with Crippen LogP contribution in [-0.2, 0) is 6.54 Å². The predicted molar refractivity (Wildman–Crippen MR) is 61.8 cm³/mol. The van der Waals surface area contributed by atoms with E-state index in [1.54, 1.807) is 11.3 Å². The van der Waals surface area contributed by atoms with E-state index in [0.29, 0.717) is 0 Å². The maximum Gasteiger partial charge on any atom is 0.0300 e. The molecule has 0 unspecified atom stereocenters. The van der Waals surface area contributed by atoms with E-state index in [-0.39, 0.29) is 0 Å². The second-order valence-corrected chi connectivity index (χ2v) is 4.63. The minimum Gasteiger partial charge on any atom is -0.312 e. The molecular weight excluding hydrogens is 246 g/mol. The van der Waals surface area contributed by atoms with Crippen LogP contribution in [-0.4, -0.2) is 6.54 Å². The molecule has 0 bridgehead atoms. The van der Waals surface area contributed by atoms with Crippen molar-refractivity contribution in [3.05, 3.63) is 20.8 Å². The molecule has 70 valence electrons. The summed E-state index contributed by atoms with van der Waals surface area (Å²) in [5.74, 6) is 2.63. The van der Waals surface area contributed by atoms with Crippen LogP contribution in [0.2, 0.25) is 0 Å². The van der Waals surface area contributed by atoms with E-state index in [9.17, 15) is 0 Å². The lowest BCUT2D eigenvalue weighted by Gasteiger charge is -1.99. The highest BCUT2D eigenvalue weighted by atomic mass is 79.9. The fourth-order valence-corrected chi connectivity index (χ4v) is 2.39. The number of hydrogen-bond acceptors (Lipinski definition) is 2. The Morgan fingerprint density at radius 1 is 1.62 bits per heavy atom. The van der Waals surface area contributed by atoms with Gasteiger partial charge in [0.05, 0.1) is 0 Å². The molecule has 0 saturated heterocycles. The second kappa shape index (κ2) is 6.20. The van der Waals surface area contributed by atoms with Crippen molar-refractivity contribution in [2.75, 3.05) is 6.54 Å². The van der Waals surface area contributed by atoms with Gasteiger partial charge in [0.2, 0.25) is 0 Å². The number of nitrogens with one attached hydrogen (secondary N) is 1. The highest BCUT2D eigenvalue weighted by Crippen LogP contribution is 2.19. The fourth-order valence-electron chi connectivity index (χ4n) is 0.974. The molecule has 0 atom stereocenters. The molecule has 1 aromatic rings. The Bertz CT molecular complexity index is 287. The van der Waals surface area contributed by atoms with Crippen LogP contribution in [0.5, 0.6) is 0 Å². The molecular formula is C10H12BrNS. The topological polar surface area (TPSA) is 12.0 Å². The van der Waals surface area contributed by atoms with E-state index in [1.807, 2.05) is 0 Å². The Morgan fingerprint density at radius 3 is 3.08 bits per heavy atom. The molecule has 3 heteroatoms. The Balaban J connectivity index is 2.10. The SMILES string of the molecule is C#CCCCNCc1cc(Br)cs1. The van der Waals surface area contributed by atoms with Crippen molar-refractivity contribution in [3.63, 3.8) is 0 Å². The summed E-state index contributed by atoms with van der Waals surface area (Å²) in [4.78, 5) is 1.35. The van der Waals surface area contributed by atoms with Gasteiger partial charge in [0, 0.05) is 27.7 Å². The molecule has 0 aliphatic heterocycles. The Hall–Kier alpha value is -0.300. The van der Waals surface area contributed by atoms with Gasteiger partial charge in [0.25, 0.3) is 0 Å². The Kier molecular flexibility index (Phi) is 5.14. The van der Waals surface area contributed by atoms with Crippen molar-refractivity contribution >= 4 is 27.3 Å². The van der Waals surface area contributed by atoms with Crippen LogP contribution in [0.25, 0.3) is 0 Å². The maximum absolute atomic E-state index is 5.14. The van der Waals surface area contributed by atoms with Crippen molar-refractivity contribution in [2.45, 2.75) is 19.4 Å². The van der Waals surface area contributed by atoms with Gasteiger partial charge in [-0.25, -0.2) is 0 Å². The highest BCUT2D eigenvalue weighted by Gasteiger charge is 1.95. The van der Waals surface area contributed by atoms with Crippen LogP contribution >= 0.6 is 27.3 Å². The first-order chi connectivity index (χ1) is 6.33. The lowest BCUT2D eigenvalue weighted by atomic mass is 10.3. The zero-order chi connectivity index (χ0) is 9.52. The van der Waals surface area contributed by atoms with Crippen molar-refractivity contribution in [2.24, 2.45) is 0 Å². The average Bonchev–Trinajstić information content (AvgIpc) is 2.51. The normalized spacial score (nSPS) is 9.85. The summed E-state index contributed by atoms with van der Waals surface area (Å²) >= 11 is 5.19. The molecule has 13 heavy (non-hydrogen) atoms. The van der Waals surface area contributed by atoms with Gasteiger partial charge in [0.15, 0.2) is 0 Å². The zero-order valence-electron chi connectivity index (χ0n) is 7.35. The molecule has 0 aliphatic rings. The third-order valence-electron chi connectivity index (χ3n) is 1.60. The molecule has 0 aliphatic carbocycles. The van der Waals surface area contributed by atoms with Gasteiger partial charge in [-0.05, 0) is 35.0 Å². The first kappa shape index (κ1) is 10.8.